The maximum Gasteiger partial charge on any atom is 0.119 e. The van der Waals surface area contributed by atoms with Gasteiger partial charge in [0.25, 0.3) is 0 Å². The lowest BCUT2D eigenvalue weighted by molar-refractivity contribution is 0.231. The molecule has 2 N–H and O–H groups in total. The van der Waals surface area contributed by atoms with Gasteiger partial charge in [-0.1, -0.05) is 13.8 Å². The van der Waals surface area contributed by atoms with Gasteiger partial charge in [0.15, 0.2) is 0 Å². The van der Waals surface area contributed by atoms with E-state index in [4.69, 9.17) is 11.0 Å². The lowest BCUT2D eigenvalue weighted by Gasteiger charge is -2.29. The molecule has 1 rings (SSSR count). The molecule has 1 aliphatic carbocycles. The minimum Gasteiger partial charge on any atom is -0.312 e. The Morgan fingerprint density at radius 1 is 1.50 bits per heavy atom. The topological polar surface area (TPSA) is 53.0 Å². The first-order valence-electron chi connectivity index (χ1n) is 5.58. The maximum absolute atomic E-state index is 9.11. The molecular weight excluding hydrogens is 174 g/mol. The molecule has 1 aliphatic rings. The van der Waals surface area contributed by atoms with E-state index in [1.807, 2.05) is 0 Å². The summed E-state index contributed by atoms with van der Waals surface area (Å²) in [5.41, 5.74) is 5.51. The fourth-order valence-electron chi connectivity index (χ4n) is 1.89. The van der Waals surface area contributed by atoms with Gasteiger partial charge in [-0.25, -0.2) is 0 Å². The fourth-order valence-corrected chi connectivity index (χ4v) is 1.89. The van der Waals surface area contributed by atoms with E-state index < -0.39 is 5.54 Å². The largest absolute Gasteiger partial charge is 0.312 e. The summed E-state index contributed by atoms with van der Waals surface area (Å²) in [7, 11) is 0. The number of nitriles is 1. The molecule has 0 aliphatic heterocycles. The Balaban J connectivity index is 2.49. The van der Waals surface area contributed by atoms with Gasteiger partial charge in [0.05, 0.1) is 6.07 Å². The van der Waals surface area contributed by atoms with E-state index in [0.717, 1.165) is 38.9 Å². The Bertz CT molecular complexity index is 217. The van der Waals surface area contributed by atoms with Crippen molar-refractivity contribution in [2.75, 3.05) is 19.6 Å². The average Bonchev–Trinajstić information content (AvgIpc) is 3.00. The summed E-state index contributed by atoms with van der Waals surface area (Å²) in [6, 6.07) is 2.30. The molecule has 3 nitrogen and oxygen atoms in total. The Morgan fingerprint density at radius 2 is 2.14 bits per heavy atom. The second kappa shape index (κ2) is 4.77. The van der Waals surface area contributed by atoms with Crippen LogP contribution in [0.4, 0.5) is 0 Å². The second-order valence-corrected chi connectivity index (χ2v) is 4.30. The zero-order chi connectivity index (χ0) is 10.6. The van der Waals surface area contributed by atoms with Gasteiger partial charge in [-0.2, -0.15) is 5.26 Å². The molecular formula is C11H21N3. The first-order valence-corrected chi connectivity index (χ1v) is 5.58. The molecule has 0 bridgehead atoms. The molecule has 1 unspecified atom stereocenters. The molecule has 0 aromatic heterocycles. The summed E-state index contributed by atoms with van der Waals surface area (Å²) < 4.78 is 0. The predicted octanol–water partition coefficient (Wildman–Crippen LogP) is 1.35. The number of hydrogen-bond acceptors (Lipinski definition) is 3. The van der Waals surface area contributed by atoms with E-state index in [1.165, 1.54) is 0 Å². The van der Waals surface area contributed by atoms with Crippen LogP contribution >= 0.6 is 0 Å². The molecule has 0 spiro atoms. The van der Waals surface area contributed by atoms with Crippen LogP contribution in [0.3, 0.4) is 0 Å². The second-order valence-electron chi connectivity index (χ2n) is 4.30. The van der Waals surface area contributed by atoms with Crippen molar-refractivity contribution >= 4 is 0 Å². The number of hydrogen-bond donors (Lipinski definition) is 1. The van der Waals surface area contributed by atoms with Crippen molar-refractivity contribution in [3.05, 3.63) is 0 Å². The quantitative estimate of drug-likeness (QED) is 0.696. The Labute approximate surface area is 86.9 Å². The van der Waals surface area contributed by atoms with Crippen LogP contribution in [0.15, 0.2) is 0 Å². The normalized spacial score (nSPS) is 20.5. The number of nitrogens with zero attached hydrogens (tertiary/aromatic N) is 2. The highest BCUT2D eigenvalue weighted by atomic mass is 15.1. The van der Waals surface area contributed by atoms with Crippen LogP contribution in [0.25, 0.3) is 0 Å². The van der Waals surface area contributed by atoms with Gasteiger partial charge < -0.3 is 10.6 Å². The van der Waals surface area contributed by atoms with Gasteiger partial charge in [0.2, 0.25) is 0 Å². The molecule has 0 aromatic carbocycles. The molecule has 0 aromatic rings. The third-order valence-corrected chi connectivity index (χ3v) is 2.99. The zero-order valence-corrected chi connectivity index (χ0v) is 9.29. The summed E-state index contributed by atoms with van der Waals surface area (Å²) in [6.45, 7) is 7.05. The van der Waals surface area contributed by atoms with Crippen molar-refractivity contribution in [2.45, 2.75) is 38.6 Å². The average molecular weight is 195 g/mol. The summed E-state index contributed by atoms with van der Waals surface area (Å²) in [5, 5.41) is 9.11. The van der Waals surface area contributed by atoms with Crippen LogP contribution in [0.5, 0.6) is 0 Å². The van der Waals surface area contributed by atoms with E-state index in [2.05, 4.69) is 24.8 Å². The van der Waals surface area contributed by atoms with Crippen molar-refractivity contribution in [2.24, 2.45) is 11.7 Å². The van der Waals surface area contributed by atoms with Gasteiger partial charge in [0.1, 0.15) is 5.54 Å². The van der Waals surface area contributed by atoms with E-state index >= 15 is 0 Å². The monoisotopic (exact) mass is 195 g/mol. The molecule has 1 saturated carbocycles. The number of rotatable bonds is 6. The molecule has 80 valence electrons. The highest BCUT2D eigenvalue weighted by molar-refractivity contribution is 5.14. The summed E-state index contributed by atoms with van der Waals surface area (Å²) in [5.74, 6) is 0.443. The van der Waals surface area contributed by atoms with Crippen molar-refractivity contribution in [3.63, 3.8) is 0 Å². The van der Waals surface area contributed by atoms with Gasteiger partial charge in [-0.15, -0.1) is 0 Å². The predicted molar refractivity (Wildman–Crippen MR) is 57.7 cm³/mol. The SMILES string of the molecule is CCCN(CC)CC(N)(C#N)C1CC1. The minimum absolute atomic E-state index is 0.443. The maximum atomic E-state index is 9.11. The first kappa shape index (κ1) is 11.5. The van der Waals surface area contributed by atoms with E-state index in [-0.39, 0.29) is 0 Å². The lowest BCUT2D eigenvalue weighted by Crippen LogP contribution is -2.51. The highest BCUT2D eigenvalue weighted by Crippen LogP contribution is 2.38. The summed E-state index contributed by atoms with van der Waals surface area (Å²) in [6.07, 6.45) is 3.39. The van der Waals surface area contributed by atoms with Crippen LogP contribution in [0.2, 0.25) is 0 Å². The highest BCUT2D eigenvalue weighted by Gasteiger charge is 2.43. The third kappa shape index (κ3) is 2.70. The van der Waals surface area contributed by atoms with Gasteiger partial charge >= 0.3 is 0 Å². The molecule has 3 heteroatoms. The molecule has 1 atom stereocenters. The van der Waals surface area contributed by atoms with Crippen LogP contribution in [0.1, 0.15) is 33.1 Å². The third-order valence-electron chi connectivity index (χ3n) is 2.99. The van der Waals surface area contributed by atoms with E-state index in [0.29, 0.717) is 5.92 Å². The number of nitrogens with two attached hydrogens (primary N) is 1. The van der Waals surface area contributed by atoms with Gasteiger partial charge in [-0.05, 0) is 38.3 Å². The smallest absolute Gasteiger partial charge is 0.119 e. The zero-order valence-electron chi connectivity index (χ0n) is 9.29. The van der Waals surface area contributed by atoms with Crippen LogP contribution < -0.4 is 5.73 Å². The van der Waals surface area contributed by atoms with Gasteiger partial charge in [0, 0.05) is 6.54 Å². The van der Waals surface area contributed by atoms with Crippen molar-refractivity contribution < 1.29 is 0 Å². The lowest BCUT2D eigenvalue weighted by atomic mass is 9.95. The molecule has 0 heterocycles. The Hall–Kier alpha value is -0.590. The van der Waals surface area contributed by atoms with E-state index in [9.17, 15) is 0 Å². The molecule has 0 amide bonds. The molecule has 0 radical (unpaired) electrons. The van der Waals surface area contributed by atoms with Crippen molar-refractivity contribution in [1.29, 1.82) is 5.26 Å². The summed E-state index contributed by atoms with van der Waals surface area (Å²) in [4.78, 5) is 2.28. The van der Waals surface area contributed by atoms with Crippen LogP contribution in [-0.4, -0.2) is 30.1 Å². The molecule has 14 heavy (non-hydrogen) atoms. The fraction of sp³-hybridized carbons (Fsp3) is 0.909. The van der Waals surface area contributed by atoms with E-state index in [1.54, 1.807) is 0 Å². The standard InChI is InChI=1S/C11H21N3/c1-3-7-14(4-2)9-11(13,8-12)10-5-6-10/h10H,3-7,9,13H2,1-2H3. The van der Waals surface area contributed by atoms with Gasteiger partial charge in [-0.3, -0.25) is 0 Å². The van der Waals surface area contributed by atoms with Crippen LogP contribution in [0, 0.1) is 17.2 Å². The van der Waals surface area contributed by atoms with Crippen LogP contribution in [-0.2, 0) is 0 Å². The Morgan fingerprint density at radius 3 is 2.50 bits per heavy atom. The minimum atomic E-state index is -0.592. The molecule has 1 fully saturated rings. The van der Waals surface area contributed by atoms with Crippen molar-refractivity contribution in [3.8, 4) is 6.07 Å². The summed E-state index contributed by atoms with van der Waals surface area (Å²) >= 11 is 0. The molecule has 0 saturated heterocycles. The first-order chi connectivity index (χ1) is 6.66. The number of likely N-dealkylation sites (N-methyl/N-ethyl adjacent to an activating group) is 1. The Kier molecular flexibility index (Phi) is 3.91. The van der Waals surface area contributed by atoms with Crippen molar-refractivity contribution in [1.82, 2.24) is 4.90 Å².